The molecule has 0 aromatic carbocycles. The van der Waals surface area contributed by atoms with E-state index in [0.29, 0.717) is 5.41 Å². The average Bonchev–Trinajstić information content (AvgIpc) is 2.95. The number of nitrogens with two attached hydrogens (primary N) is 1. The first-order valence-corrected chi connectivity index (χ1v) is 6.44. The number of nitrogens with zero attached hydrogens (tertiary/aromatic N) is 2. The van der Waals surface area contributed by atoms with Gasteiger partial charge in [0.2, 0.25) is 0 Å². The summed E-state index contributed by atoms with van der Waals surface area (Å²) in [6.45, 7) is 0.793. The highest BCUT2D eigenvalue weighted by Gasteiger charge is 2.33. The first-order valence-electron chi connectivity index (χ1n) is 6.44. The molecule has 0 saturated heterocycles. The van der Waals surface area contributed by atoms with Gasteiger partial charge in [-0.2, -0.15) is 0 Å². The molecule has 2 aromatic heterocycles. The molecule has 0 aliphatic heterocycles. The third-order valence-electron chi connectivity index (χ3n) is 4.07. The number of hydrogen-bond donors (Lipinski definition) is 1. The molecule has 0 atom stereocenters. The van der Waals surface area contributed by atoms with Crippen LogP contribution < -0.4 is 5.73 Å². The second-order valence-electron chi connectivity index (χ2n) is 5.29. The fraction of sp³-hybridized carbons (Fsp3) is 0.500. The van der Waals surface area contributed by atoms with Crippen LogP contribution in [0.1, 0.15) is 31.4 Å². The van der Waals surface area contributed by atoms with Gasteiger partial charge in [-0.3, -0.25) is 0 Å². The summed E-state index contributed by atoms with van der Waals surface area (Å²) < 4.78 is 2.09. The van der Waals surface area contributed by atoms with Crippen LogP contribution in [0.5, 0.6) is 0 Å². The van der Waals surface area contributed by atoms with E-state index in [9.17, 15) is 0 Å². The van der Waals surface area contributed by atoms with Crippen LogP contribution in [0, 0.1) is 5.41 Å². The molecule has 1 saturated carbocycles. The van der Waals surface area contributed by atoms with Gasteiger partial charge in [-0.1, -0.05) is 18.9 Å². The molecule has 90 valence electrons. The second-order valence-corrected chi connectivity index (χ2v) is 5.29. The number of pyridine rings is 1. The molecule has 2 heterocycles. The summed E-state index contributed by atoms with van der Waals surface area (Å²) in [7, 11) is 0. The molecule has 3 heteroatoms. The number of fused-ring (bicyclic) bond motifs is 1. The molecule has 2 aromatic rings. The number of imidazole rings is 1. The zero-order chi connectivity index (χ0) is 11.7. The molecule has 0 bridgehead atoms. The number of aromatic nitrogens is 2. The maximum atomic E-state index is 5.98. The summed E-state index contributed by atoms with van der Waals surface area (Å²) in [5, 5.41) is 0. The van der Waals surface area contributed by atoms with E-state index < -0.39 is 0 Å². The van der Waals surface area contributed by atoms with Crippen LogP contribution in [0.15, 0.2) is 30.6 Å². The van der Waals surface area contributed by atoms with E-state index in [4.69, 9.17) is 5.73 Å². The molecular weight excluding hydrogens is 210 g/mol. The fourth-order valence-corrected chi connectivity index (χ4v) is 3.03. The first kappa shape index (κ1) is 10.8. The summed E-state index contributed by atoms with van der Waals surface area (Å²) in [5.41, 5.74) is 8.51. The van der Waals surface area contributed by atoms with Crippen molar-refractivity contribution in [2.75, 3.05) is 6.54 Å². The third kappa shape index (κ3) is 1.95. The normalized spacial score (nSPS) is 18.9. The lowest BCUT2D eigenvalue weighted by molar-refractivity contribution is 0.304. The maximum absolute atomic E-state index is 5.98. The van der Waals surface area contributed by atoms with Gasteiger partial charge in [0.15, 0.2) is 0 Å². The Hall–Kier alpha value is -1.35. The largest absolute Gasteiger partial charge is 0.330 e. The van der Waals surface area contributed by atoms with Crippen molar-refractivity contribution in [3.8, 4) is 0 Å². The summed E-state index contributed by atoms with van der Waals surface area (Å²) in [6.07, 6.45) is 10.4. The van der Waals surface area contributed by atoms with Gasteiger partial charge in [0.25, 0.3) is 0 Å². The van der Waals surface area contributed by atoms with E-state index in [2.05, 4.69) is 21.8 Å². The average molecular weight is 229 g/mol. The summed E-state index contributed by atoms with van der Waals surface area (Å²) >= 11 is 0. The minimum atomic E-state index is 0.317. The zero-order valence-corrected chi connectivity index (χ0v) is 10.1. The topological polar surface area (TPSA) is 43.3 Å². The standard InChI is InChI=1S/C14H19N3/c15-11-14(6-2-3-7-14)9-12-10-17-8-4-1-5-13(17)16-12/h1,4-5,8,10H,2-3,6-7,9,11,15H2. The Morgan fingerprint density at radius 1 is 1.29 bits per heavy atom. The van der Waals surface area contributed by atoms with Crippen molar-refractivity contribution in [1.82, 2.24) is 9.38 Å². The zero-order valence-electron chi connectivity index (χ0n) is 10.1. The van der Waals surface area contributed by atoms with Gasteiger partial charge in [0.1, 0.15) is 5.65 Å². The molecule has 17 heavy (non-hydrogen) atoms. The van der Waals surface area contributed by atoms with Crippen LogP contribution in [0.4, 0.5) is 0 Å². The summed E-state index contributed by atoms with van der Waals surface area (Å²) in [4.78, 5) is 4.68. The summed E-state index contributed by atoms with van der Waals surface area (Å²) in [5.74, 6) is 0. The van der Waals surface area contributed by atoms with Gasteiger partial charge >= 0.3 is 0 Å². The smallest absolute Gasteiger partial charge is 0.136 e. The lowest BCUT2D eigenvalue weighted by atomic mass is 9.82. The number of rotatable bonds is 3. The van der Waals surface area contributed by atoms with Crippen molar-refractivity contribution in [1.29, 1.82) is 0 Å². The predicted molar refractivity (Wildman–Crippen MR) is 68.9 cm³/mol. The quantitative estimate of drug-likeness (QED) is 0.878. The molecule has 3 rings (SSSR count). The first-order chi connectivity index (χ1) is 8.31. The molecule has 1 fully saturated rings. The van der Waals surface area contributed by atoms with E-state index >= 15 is 0 Å². The molecule has 0 amide bonds. The van der Waals surface area contributed by atoms with Gasteiger partial charge in [-0.05, 0) is 43.4 Å². The highest BCUT2D eigenvalue weighted by Crippen LogP contribution is 2.39. The molecule has 0 unspecified atom stereocenters. The van der Waals surface area contributed by atoms with Crippen LogP contribution in [0.2, 0.25) is 0 Å². The van der Waals surface area contributed by atoms with Gasteiger partial charge in [0, 0.05) is 12.4 Å². The Bertz CT molecular complexity index is 476. The van der Waals surface area contributed by atoms with E-state index in [1.165, 1.54) is 31.4 Å². The fourth-order valence-electron chi connectivity index (χ4n) is 3.03. The van der Waals surface area contributed by atoms with Gasteiger partial charge < -0.3 is 10.1 Å². The van der Waals surface area contributed by atoms with E-state index in [-0.39, 0.29) is 0 Å². The van der Waals surface area contributed by atoms with E-state index in [1.807, 2.05) is 18.2 Å². The van der Waals surface area contributed by atoms with E-state index in [0.717, 1.165) is 18.6 Å². The van der Waals surface area contributed by atoms with Crippen molar-refractivity contribution in [3.05, 3.63) is 36.3 Å². The van der Waals surface area contributed by atoms with Crippen molar-refractivity contribution in [3.63, 3.8) is 0 Å². The SMILES string of the molecule is NCC1(Cc2cn3ccccc3n2)CCCC1. The van der Waals surface area contributed by atoms with Gasteiger partial charge in [-0.15, -0.1) is 0 Å². The lowest BCUT2D eigenvalue weighted by Crippen LogP contribution is -2.29. The molecule has 0 radical (unpaired) electrons. The van der Waals surface area contributed by atoms with Crippen LogP contribution in [0.3, 0.4) is 0 Å². The minimum absolute atomic E-state index is 0.317. The maximum Gasteiger partial charge on any atom is 0.136 e. The Morgan fingerprint density at radius 3 is 2.82 bits per heavy atom. The Balaban J connectivity index is 1.89. The van der Waals surface area contributed by atoms with Crippen molar-refractivity contribution in [2.45, 2.75) is 32.1 Å². The van der Waals surface area contributed by atoms with E-state index in [1.54, 1.807) is 0 Å². The highest BCUT2D eigenvalue weighted by atomic mass is 15.0. The summed E-state index contributed by atoms with van der Waals surface area (Å²) in [6, 6.07) is 6.11. The molecule has 2 N–H and O–H groups in total. The lowest BCUT2D eigenvalue weighted by Gasteiger charge is -2.25. The van der Waals surface area contributed by atoms with Crippen LogP contribution in [-0.4, -0.2) is 15.9 Å². The van der Waals surface area contributed by atoms with Gasteiger partial charge in [-0.25, -0.2) is 4.98 Å². The van der Waals surface area contributed by atoms with Crippen LogP contribution in [-0.2, 0) is 6.42 Å². The van der Waals surface area contributed by atoms with Crippen molar-refractivity contribution >= 4 is 5.65 Å². The van der Waals surface area contributed by atoms with Crippen LogP contribution >= 0.6 is 0 Å². The number of hydrogen-bond acceptors (Lipinski definition) is 2. The third-order valence-corrected chi connectivity index (χ3v) is 4.07. The second kappa shape index (κ2) is 4.15. The molecule has 1 aliphatic carbocycles. The molecule has 0 spiro atoms. The van der Waals surface area contributed by atoms with Crippen LogP contribution in [0.25, 0.3) is 5.65 Å². The molecule has 3 nitrogen and oxygen atoms in total. The van der Waals surface area contributed by atoms with Crippen molar-refractivity contribution in [2.24, 2.45) is 11.1 Å². The Labute approximate surface area is 102 Å². The molecule has 1 aliphatic rings. The molecular formula is C14H19N3. The highest BCUT2D eigenvalue weighted by molar-refractivity contribution is 5.39. The van der Waals surface area contributed by atoms with Crippen molar-refractivity contribution < 1.29 is 0 Å². The minimum Gasteiger partial charge on any atom is -0.330 e. The Morgan fingerprint density at radius 2 is 2.12 bits per heavy atom. The van der Waals surface area contributed by atoms with Gasteiger partial charge in [0.05, 0.1) is 5.69 Å². The predicted octanol–water partition coefficient (Wildman–Crippen LogP) is 2.40. The monoisotopic (exact) mass is 229 g/mol. The Kier molecular flexibility index (Phi) is 2.63.